The number of amides is 1. The minimum absolute atomic E-state index is 0.186. The molecular weight excluding hydrogens is 380 g/mol. The molecule has 0 aliphatic rings. The summed E-state index contributed by atoms with van der Waals surface area (Å²) in [5.41, 5.74) is 10.2. The Labute approximate surface area is 175 Å². The van der Waals surface area contributed by atoms with Crippen LogP contribution in [0.3, 0.4) is 0 Å². The molecule has 0 radical (unpaired) electrons. The number of allylic oxidation sites excluding steroid dienone is 2. The van der Waals surface area contributed by atoms with Crippen LogP contribution in [0, 0.1) is 0 Å². The highest BCUT2D eigenvalue weighted by molar-refractivity contribution is 5.95. The molecule has 3 rings (SSSR count). The number of benzene rings is 1. The average Bonchev–Trinajstić information content (AvgIpc) is 3.33. The van der Waals surface area contributed by atoms with E-state index < -0.39 is 0 Å². The molecule has 7 heteroatoms. The fourth-order valence-corrected chi connectivity index (χ4v) is 2.57. The monoisotopic (exact) mass is 404 g/mol. The first-order chi connectivity index (χ1) is 14.6. The summed E-state index contributed by atoms with van der Waals surface area (Å²) in [6, 6.07) is 8.84. The van der Waals surface area contributed by atoms with Gasteiger partial charge in [-0.2, -0.15) is 0 Å². The summed E-state index contributed by atoms with van der Waals surface area (Å²) in [4.78, 5) is 21.1. The molecule has 7 nitrogen and oxygen atoms in total. The highest BCUT2D eigenvalue weighted by atomic mass is 16.3. The second-order valence-corrected chi connectivity index (χ2v) is 5.94. The fourth-order valence-electron chi connectivity index (χ4n) is 2.57. The first-order valence-electron chi connectivity index (χ1n) is 9.05. The number of carbonyl (C=O) groups excluding carboxylic acids is 1. The molecule has 0 saturated heterocycles. The van der Waals surface area contributed by atoms with Gasteiger partial charge in [0.05, 0.1) is 24.4 Å². The molecule has 1 amide bonds. The maximum atomic E-state index is 12.3. The maximum absolute atomic E-state index is 12.3. The van der Waals surface area contributed by atoms with E-state index in [1.165, 1.54) is 0 Å². The third-order valence-electron chi connectivity index (χ3n) is 4.09. The second-order valence-electron chi connectivity index (χ2n) is 5.94. The summed E-state index contributed by atoms with van der Waals surface area (Å²) in [7, 11) is 1.00. The molecule has 154 valence electrons. The van der Waals surface area contributed by atoms with Gasteiger partial charge in [0.2, 0.25) is 0 Å². The Morgan fingerprint density at radius 2 is 1.93 bits per heavy atom. The number of aliphatic hydroxyl groups is 1. The molecule has 0 atom stereocenters. The van der Waals surface area contributed by atoms with Crippen LogP contribution in [0.2, 0.25) is 0 Å². The van der Waals surface area contributed by atoms with Crippen LogP contribution in [-0.2, 0) is 0 Å². The minimum atomic E-state index is -0.186. The van der Waals surface area contributed by atoms with Crippen LogP contribution in [0.1, 0.15) is 10.4 Å². The smallest absolute Gasteiger partial charge is 0.251 e. The third-order valence-corrected chi connectivity index (χ3v) is 4.09. The lowest BCUT2D eigenvalue weighted by atomic mass is 10.1. The number of nitrogens with one attached hydrogen (secondary N) is 1. The number of nitrogens with zero attached hydrogens (tertiary/aromatic N) is 2. The van der Waals surface area contributed by atoms with Crippen molar-refractivity contribution in [2.24, 2.45) is 0 Å². The number of hydrogen-bond acceptors (Lipinski definition) is 6. The van der Waals surface area contributed by atoms with Crippen molar-refractivity contribution in [2.45, 2.75) is 0 Å². The van der Waals surface area contributed by atoms with Gasteiger partial charge in [0.15, 0.2) is 0 Å². The van der Waals surface area contributed by atoms with Gasteiger partial charge < -0.3 is 20.6 Å². The summed E-state index contributed by atoms with van der Waals surface area (Å²) in [5.74, 6) is 0.129. The molecule has 0 bridgehead atoms. The fraction of sp³-hybridized carbons (Fsp3) is 0.0870. The topological polar surface area (TPSA) is 114 Å². The molecule has 3 aromatic rings. The summed E-state index contributed by atoms with van der Waals surface area (Å²) in [5, 5.41) is 9.84. The van der Waals surface area contributed by atoms with E-state index >= 15 is 0 Å². The number of hydrogen-bond donors (Lipinski definition) is 3. The zero-order valence-corrected chi connectivity index (χ0v) is 16.7. The molecule has 4 N–H and O–H groups in total. The molecule has 2 aromatic heterocycles. The molecule has 0 unspecified atom stereocenters. The van der Waals surface area contributed by atoms with Crippen molar-refractivity contribution in [3.8, 4) is 22.5 Å². The van der Waals surface area contributed by atoms with E-state index in [2.05, 4.69) is 28.4 Å². The lowest BCUT2D eigenvalue weighted by molar-refractivity contribution is 0.0957. The maximum Gasteiger partial charge on any atom is 0.251 e. The van der Waals surface area contributed by atoms with Crippen LogP contribution in [0.25, 0.3) is 22.5 Å². The van der Waals surface area contributed by atoms with E-state index in [0.29, 0.717) is 29.3 Å². The van der Waals surface area contributed by atoms with E-state index in [1.807, 2.05) is 0 Å². The van der Waals surface area contributed by atoms with E-state index in [0.717, 1.165) is 23.8 Å². The van der Waals surface area contributed by atoms with Crippen LogP contribution in [-0.4, -0.2) is 34.6 Å². The molecule has 1 aromatic carbocycles. The van der Waals surface area contributed by atoms with Crippen molar-refractivity contribution in [3.05, 3.63) is 91.6 Å². The number of nitrogen functional groups attached to an aromatic ring is 1. The van der Waals surface area contributed by atoms with Crippen molar-refractivity contribution in [1.82, 2.24) is 15.3 Å². The Bertz CT molecular complexity index is 1020. The predicted octanol–water partition coefficient (Wildman–Crippen LogP) is 3.62. The normalized spacial score (nSPS) is 10.5. The molecular formula is C23H24N4O3. The SMILES string of the molecule is C=C/C=C(\C=C)CNC(=O)c1ccc(-c2nc(-c3ccoc3)cnc2N)cc1.CO. The van der Waals surface area contributed by atoms with E-state index in [1.54, 1.807) is 67.3 Å². The molecule has 2 heterocycles. The lowest BCUT2D eigenvalue weighted by Crippen LogP contribution is -2.25. The van der Waals surface area contributed by atoms with Crippen LogP contribution in [0.15, 0.2) is 90.4 Å². The average molecular weight is 404 g/mol. The minimum Gasteiger partial charge on any atom is -0.472 e. The highest BCUT2D eigenvalue weighted by Gasteiger charge is 2.11. The van der Waals surface area contributed by atoms with Crippen LogP contribution in [0.5, 0.6) is 0 Å². The number of furan rings is 1. The summed E-state index contributed by atoms with van der Waals surface area (Å²) in [6.07, 6.45) is 9.89. The number of anilines is 1. The molecule has 0 saturated carbocycles. The Balaban J connectivity index is 0.00000155. The Hall–Kier alpha value is -3.97. The lowest BCUT2D eigenvalue weighted by Gasteiger charge is -2.08. The van der Waals surface area contributed by atoms with Gasteiger partial charge in [-0.25, -0.2) is 9.97 Å². The van der Waals surface area contributed by atoms with Gasteiger partial charge in [0.1, 0.15) is 11.5 Å². The van der Waals surface area contributed by atoms with Gasteiger partial charge in [-0.1, -0.05) is 43.5 Å². The van der Waals surface area contributed by atoms with Gasteiger partial charge in [-0.3, -0.25) is 4.79 Å². The number of carbonyl (C=O) groups is 1. The van der Waals surface area contributed by atoms with E-state index in [-0.39, 0.29) is 5.91 Å². The number of aromatic nitrogens is 2. The molecule has 0 aliphatic carbocycles. The van der Waals surface area contributed by atoms with Gasteiger partial charge in [-0.15, -0.1) is 0 Å². The van der Waals surface area contributed by atoms with Crippen molar-refractivity contribution in [2.75, 3.05) is 19.4 Å². The van der Waals surface area contributed by atoms with Crippen LogP contribution >= 0.6 is 0 Å². The summed E-state index contributed by atoms with van der Waals surface area (Å²) >= 11 is 0. The molecule has 0 aliphatic heterocycles. The molecule has 0 fully saturated rings. The van der Waals surface area contributed by atoms with E-state index in [9.17, 15) is 4.79 Å². The van der Waals surface area contributed by atoms with Gasteiger partial charge in [0, 0.05) is 30.3 Å². The standard InChI is InChI=1S/C22H20N4O2.CH4O/c1-3-5-15(4-2)12-25-22(27)17-8-6-16(7-9-17)20-21(23)24-13-19(26-20)18-10-11-28-14-18;1-2/h3-11,13-14H,1-2,12H2,(H2,23,24)(H,25,27);2H,1H3/b15-5+;. The first kappa shape index (κ1) is 22.3. The third kappa shape index (κ3) is 5.52. The molecule has 0 spiro atoms. The number of nitrogens with two attached hydrogens (primary N) is 1. The first-order valence-corrected chi connectivity index (χ1v) is 9.05. The van der Waals surface area contributed by atoms with Crippen molar-refractivity contribution in [3.63, 3.8) is 0 Å². The predicted molar refractivity (Wildman–Crippen MR) is 119 cm³/mol. The number of aliphatic hydroxyl groups excluding tert-OH is 1. The quantitative estimate of drug-likeness (QED) is 0.518. The summed E-state index contributed by atoms with van der Waals surface area (Å²) in [6.45, 7) is 7.73. The highest BCUT2D eigenvalue weighted by Crippen LogP contribution is 2.26. The van der Waals surface area contributed by atoms with Gasteiger partial charge in [0.25, 0.3) is 5.91 Å². The number of rotatable bonds is 7. The van der Waals surface area contributed by atoms with Crippen LogP contribution in [0.4, 0.5) is 5.82 Å². The largest absolute Gasteiger partial charge is 0.472 e. The van der Waals surface area contributed by atoms with E-state index in [4.69, 9.17) is 15.3 Å². The van der Waals surface area contributed by atoms with Crippen molar-refractivity contribution < 1.29 is 14.3 Å². The van der Waals surface area contributed by atoms with Gasteiger partial charge >= 0.3 is 0 Å². The van der Waals surface area contributed by atoms with Crippen LogP contribution < -0.4 is 11.1 Å². The Morgan fingerprint density at radius 1 is 1.20 bits per heavy atom. The Morgan fingerprint density at radius 3 is 2.53 bits per heavy atom. The summed E-state index contributed by atoms with van der Waals surface area (Å²) < 4.78 is 5.09. The van der Waals surface area contributed by atoms with Crippen molar-refractivity contribution >= 4 is 11.7 Å². The Kier molecular flexibility index (Phi) is 8.28. The molecule has 30 heavy (non-hydrogen) atoms. The van der Waals surface area contributed by atoms with Gasteiger partial charge in [-0.05, 0) is 23.8 Å². The zero-order chi connectivity index (χ0) is 21.9. The zero-order valence-electron chi connectivity index (χ0n) is 16.7. The van der Waals surface area contributed by atoms with Crippen molar-refractivity contribution in [1.29, 1.82) is 0 Å². The second kappa shape index (κ2) is 11.1.